The summed E-state index contributed by atoms with van der Waals surface area (Å²) in [4.78, 5) is 27.2. The van der Waals surface area contributed by atoms with Crippen LogP contribution in [0.1, 0.15) is 13.8 Å². The fourth-order valence-electron chi connectivity index (χ4n) is 2.53. The van der Waals surface area contributed by atoms with Gasteiger partial charge in [0.2, 0.25) is 11.8 Å². The van der Waals surface area contributed by atoms with Gasteiger partial charge in [-0.1, -0.05) is 6.58 Å². The zero-order chi connectivity index (χ0) is 22.6. The first-order valence-electron chi connectivity index (χ1n) is 8.39. The van der Waals surface area contributed by atoms with E-state index in [0.29, 0.717) is 5.41 Å². The van der Waals surface area contributed by atoms with Crippen molar-refractivity contribution in [2.75, 3.05) is 38.5 Å². The predicted molar refractivity (Wildman–Crippen MR) is 102 cm³/mol. The molecule has 1 aliphatic rings. The second-order valence-corrected chi connectivity index (χ2v) is 12.1. The maximum absolute atomic E-state index is 12.4. The van der Waals surface area contributed by atoms with E-state index < -0.39 is 64.7 Å². The minimum absolute atomic E-state index is 0.00676. The van der Waals surface area contributed by atoms with Gasteiger partial charge in [0, 0.05) is 31.6 Å². The van der Waals surface area contributed by atoms with Crippen LogP contribution in [0.3, 0.4) is 0 Å². The molecule has 1 heterocycles. The Morgan fingerprint density at radius 3 is 1.76 bits per heavy atom. The Balaban J connectivity index is 2.68. The number of carbonyl (C=O) groups is 2. The minimum atomic E-state index is -4.79. The van der Waals surface area contributed by atoms with Crippen LogP contribution in [0.25, 0.3) is 0 Å². The van der Waals surface area contributed by atoms with Crippen molar-refractivity contribution in [1.82, 2.24) is 9.80 Å². The Morgan fingerprint density at radius 1 is 0.966 bits per heavy atom. The number of amides is 2. The van der Waals surface area contributed by atoms with Crippen LogP contribution < -0.4 is 0 Å². The second-order valence-electron chi connectivity index (χ2n) is 6.31. The molecule has 0 aromatic rings. The van der Waals surface area contributed by atoms with Crippen LogP contribution in [0.2, 0.25) is 0 Å². The highest BCUT2D eigenvalue weighted by atomic mass is 32.3. The lowest BCUT2D eigenvalue weighted by atomic mass is 10.2. The molecule has 2 unspecified atom stereocenters. The first-order chi connectivity index (χ1) is 13.1. The van der Waals surface area contributed by atoms with Crippen molar-refractivity contribution in [2.24, 2.45) is 0 Å². The predicted octanol–water partition coefficient (Wildman–Crippen LogP) is -1.77. The van der Waals surface area contributed by atoms with Gasteiger partial charge in [0.1, 0.15) is 10.5 Å². The van der Waals surface area contributed by atoms with Crippen LogP contribution in [-0.4, -0.2) is 100 Å². The van der Waals surface area contributed by atoms with Crippen molar-refractivity contribution in [3.05, 3.63) is 12.0 Å². The van der Waals surface area contributed by atoms with Crippen molar-refractivity contribution in [3.63, 3.8) is 0 Å². The van der Waals surface area contributed by atoms with Crippen molar-refractivity contribution >= 4 is 41.9 Å². The molecular formula is C14H24N2O10S3. The third-order valence-electron chi connectivity index (χ3n) is 4.46. The van der Waals surface area contributed by atoms with Crippen LogP contribution in [-0.2, 0) is 43.8 Å². The molecule has 1 saturated heterocycles. The maximum atomic E-state index is 12.4. The highest BCUT2D eigenvalue weighted by molar-refractivity contribution is 7.95. The molecule has 0 aromatic carbocycles. The van der Waals surface area contributed by atoms with Crippen LogP contribution >= 0.6 is 0 Å². The van der Waals surface area contributed by atoms with Crippen molar-refractivity contribution in [2.45, 2.75) is 24.3 Å². The number of rotatable bonds is 9. The lowest BCUT2D eigenvalue weighted by Gasteiger charge is -2.36. The number of nitrogens with zero attached hydrogens (tertiary/aromatic N) is 2. The fraction of sp³-hybridized carbons (Fsp3) is 0.714. The topological polar surface area (TPSA) is 172 Å². The summed E-state index contributed by atoms with van der Waals surface area (Å²) >= 11 is 0. The summed E-state index contributed by atoms with van der Waals surface area (Å²) in [5.41, 5.74) is 0. The molecule has 1 aliphatic heterocycles. The Kier molecular flexibility index (Phi) is 8.36. The van der Waals surface area contributed by atoms with Crippen molar-refractivity contribution in [3.8, 4) is 0 Å². The summed E-state index contributed by atoms with van der Waals surface area (Å²) < 4.78 is 81.2. The molecule has 0 spiro atoms. The standard InChI is InChI=1S/C14H24N2O10S3/c1-4-27(19,20)11(2)13(17)15-5-7-16(8-6-15)14(18)12(3)28(21,22)10-9-26-29(23,24)25/h4,11-12H,1,5-10H2,2-3H3,(H,23,24,25). The van der Waals surface area contributed by atoms with Gasteiger partial charge in [-0.2, -0.15) is 8.42 Å². The van der Waals surface area contributed by atoms with Gasteiger partial charge in [-0.25, -0.2) is 21.0 Å². The maximum Gasteiger partial charge on any atom is 0.397 e. The van der Waals surface area contributed by atoms with E-state index in [4.69, 9.17) is 4.55 Å². The minimum Gasteiger partial charge on any atom is -0.338 e. The normalized spacial score (nSPS) is 18.2. The van der Waals surface area contributed by atoms with E-state index in [1.807, 2.05) is 0 Å². The zero-order valence-corrected chi connectivity index (χ0v) is 18.4. The number of hydrogen-bond donors (Lipinski definition) is 1. The van der Waals surface area contributed by atoms with Crippen LogP contribution in [0.5, 0.6) is 0 Å². The van der Waals surface area contributed by atoms with Gasteiger partial charge in [0.15, 0.2) is 19.7 Å². The second kappa shape index (κ2) is 9.51. The molecule has 2 amide bonds. The number of sulfone groups is 2. The largest absolute Gasteiger partial charge is 0.397 e. The molecule has 1 rings (SSSR count). The summed E-state index contributed by atoms with van der Waals surface area (Å²) in [6.07, 6.45) is 0. The first kappa shape index (κ1) is 25.5. The Hall–Kier alpha value is -1.55. The van der Waals surface area contributed by atoms with E-state index in [9.17, 15) is 34.8 Å². The summed E-state index contributed by atoms with van der Waals surface area (Å²) in [5.74, 6) is -2.18. The summed E-state index contributed by atoms with van der Waals surface area (Å²) in [7, 11) is -12.6. The molecule has 168 valence electrons. The molecular weight excluding hydrogens is 452 g/mol. The average Bonchev–Trinajstić information content (AvgIpc) is 2.64. The van der Waals surface area contributed by atoms with Crippen LogP contribution in [0.4, 0.5) is 0 Å². The monoisotopic (exact) mass is 476 g/mol. The third kappa shape index (κ3) is 7.02. The van der Waals surface area contributed by atoms with Gasteiger partial charge in [-0.05, 0) is 13.8 Å². The van der Waals surface area contributed by atoms with Gasteiger partial charge in [0.25, 0.3) is 0 Å². The SMILES string of the molecule is C=CS(=O)(=O)C(C)C(=O)N1CCN(C(=O)C(C)S(=O)(=O)CCOS(=O)(=O)O)CC1. The van der Waals surface area contributed by atoms with E-state index in [0.717, 1.165) is 6.92 Å². The van der Waals surface area contributed by atoms with Crippen molar-refractivity contribution < 1.29 is 43.6 Å². The van der Waals surface area contributed by atoms with E-state index >= 15 is 0 Å². The molecule has 1 fully saturated rings. The van der Waals surface area contributed by atoms with E-state index in [2.05, 4.69) is 10.8 Å². The summed E-state index contributed by atoms with van der Waals surface area (Å²) in [6, 6.07) is 0. The molecule has 0 aliphatic carbocycles. The average molecular weight is 477 g/mol. The molecule has 15 heteroatoms. The van der Waals surface area contributed by atoms with Gasteiger partial charge in [0.05, 0.1) is 12.4 Å². The van der Waals surface area contributed by atoms with Crippen LogP contribution in [0.15, 0.2) is 12.0 Å². The summed E-state index contributed by atoms with van der Waals surface area (Å²) in [5, 5.41) is -2.10. The number of hydrogen-bond acceptors (Lipinski definition) is 9. The van der Waals surface area contributed by atoms with Gasteiger partial charge < -0.3 is 9.80 Å². The third-order valence-corrected chi connectivity index (χ3v) is 8.59. The van der Waals surface area contributed by atoms with E-state index in [1.165, 1.54) is 16.7 Å². The van der Waals surface area contributed by atoms with Gasteiger partial charge in [-0.15, -0.1) is 0 Å². The number of carbonyl (C=O) groups excluding carboxylic acids is 2. The summed E-state index contributed by atoms with van der Waals surface area (Å²) in [6.45, 7) is 4.78. The van der Waals surface area contributed by atoms with E-state index in [-0.39, 0.29) is 26.2 Å². The Morgan fingerprint density at radius 2 is 1.38 bits per heavy atom. The lowest BCUT2D eigenvalue weighted by molar-refractivity contribution is -0.138. The van der Waals surface area contributed by atoms with Gasteiger partial charge >= 0.3 is 10.4 Å². The molecule has 0 radical (unpaired) electrons. The van der Waals surface area contributed by atoms with E-state index in [1.54, 1.807) is 0 Å². The molecule has 0 saturated carbocycles. The van der Waals surface area contributed by atoms with Crippen LogP contribution in [0, 0.1) is 0 Å². The molecule has 0 aromatic heterocycles. The fourth-order valence-corrected chi connectivity index (χ4v) is 4.78. The van der Waals surface area contributed by atoms with Crippen molar-refractivity contribution in [1.29, 1.82) is 0 Å². The molecule has 12 nitrogen and oxygen atoms in total. The molecule has 1 N–H and O–H groups in total. The Labute approximate surface area is 170 Å². The molecule has 2 atom stereocenters. The molecule has 29 heavy (non-hydrogen) atoms. The zero-order valence-electron chi connectivity index (χ0n) is 15.9. The highest BCUT2D eigenvalue weighted by Crippen LogP contribution is 2.13. The highest BCUT2D eigenvalue weighted by Gasteiger charge is 2.36. The lowest BCUT2D eigenvalue weighted by Crippen LogP contribution is -2.55. The smallest absolute Gasteiger partial charge is 0.338 e. The number of piperazine rings is 1. The quantitative estimate of drug-likeness (QED) is 0.375. The van der Waals surface area contributed by atoms with Gasteiger partial charge in [-0.3, -0.25) is 14.1 Å². The Bertz CT molecular complexity index is 948. The molecule has 0 bridgehead atoms. The first-order valence-corrected chi connectivity index (χ1v) is 13.1.